The Morgan fingerprint density at radius 3 is 2.53 bits per heavy atom. The number of hydrogen-bond donors (Lipinski definition) is 2. The van der Waals surface area contributed by atoms with Gasteiger partial charge < -0.3 is 10.4 Å². The smallest absolute Gasteiger partial charge is 0.307 e. The highest BCUT2D eigenvalue weighted by atomic mass is 16.4. The first-order valence-corrected chi connectivity index (χ1v) is 6.42. The van der Waals surface area contributed by atoms with Crippen molar-refractivity contribution in [3.05, 3.63) is 42.0 Å². The summed E-state index contributed by atoms with van der Waals surface area (Å²) < 4.78 is 0. The molecule has 1 amide bonds. The SMILES string of the molecule is O=C(O)Cc1ccc(NC(=O)C2CC=CCC2)cc1. The molecule has 0 heterocycles. The third kappa shape index (κ3) is 3.95. The van der Waals surface area contributed by atoms with Gasteiger partial charge in [0.1, 0.15) is 0 Å². The van der Waals surface area contributed by atoms with Gasteiger partial charge in [0.15, 0.2) is 0 Å². The van der Waals surface area contributed by atoms with Crippen molar-refractivity contribution in [1.82, 2.24) is 0 Å². The van der Waals surface area contributed by atoms with Gasteiger partial charge in [-0.15, -0.1) is 0 Å². The van der Waals surface area contributed by atoms with Gasteiger partial charge in [-0.25, -0.2) is 0 Å². The van der Waals surface area contributed by atoms with Gasteiger partial charge in [-0.05, 0) is 37.0 Å². The minimum absolute atomic E-state index is 0.00163. The summed E-state index contributed by atoms with van der Waals surface area (Å²) in [6, 6.07) is 6.94. The third-order valence-electron chi connectivity index (χ3n) is 3.22. The van der Waals surface area contributed by atoms with Gasteiger partial charge in [-0.3, -0.25) is 9.59 Å². The average molecular weight is 259 g/mol. The van der Waals surface area contributed by atoms with Crippen molar-refractivity contribution in [2.24, 2.45) is 5.92 Å². The number of rotatable bonds is 4. The Hall–Kier alpha value is -2.10. The average Bonchev–Trinajstić information content (AvgIpc) is 2.41. The van der Waals surface area contributed by atoms with Crippen LogP contribution in [0.3, 0.4) is 0 Å². The highest BCUT2D eigenvalue weighted by Gasteiger charge is 2.18. The first-order valence-electron chi connectivity index (χ1n) is 6.42. The fourth-order valence-corrected chi connectivity index (χ4v) is 2.16. The van der Waals surface area contributed by atoms with Crippen molar-refractivity contribution in [2.75, 3.05) is 5.32 Å². The Morgan fingerprint density at radius 2 is 1.95 bits per heavy atom. The van der Waals surface area contributed by atoms with Gasteiger partial charge in [0.2, 0.25) is 5.91 Å². The number of aliphatic carboxylic acids is 1. The summed E-state index contributed by atoms with van der Waals surface area (Å²) in [7, 11) is 0. The van der Waals surface area contributed by atoms with E-state index in [1.807, 2.05) is 6.08 Å². The monoisotopic (exact) mass is 259 g/mol. The number of nitrogens with one attached hydrogen (secondary N) is 1. The summed E-state index contributed by atoms with van der Waals surface area (Å²) >= 11 is 0. The zero-order valence-corrected chi connectivity index (χ0v) is 10.6. The fourth-order valence-electron chi connectivity index (χ4n) is 2.16. The lowest BCUT2D eigenvalue weighted by molar-refractivity contribution is -0.136. The molecule has 1 unspecified atom stereocenters. The van der Waals surface area contributed by atoms with Crippen LogP contribution in [-0.2, 0) is 16.0 Å². The van der Waals surface area contributed by atoms with Crippen molar-refractivity contribution >= 4 is 17.6 Å². The zero-order chi connectivity index (χ0) is 13.7. The molecule has 0 bridgehead atoms. The Balaban J connectivity index is 1.93. The number of carboxylic acid groups (broad SMARTS) is 1. The minimum Gasteiger partial charge on any atom is -0.481 e. The molecule has 1 aromatic carbocycles. The summed E-state index contributed by atoms with van der Waals surface area (Å²) in [5.74, 6) is -0.773. The molecule has 2 rings (SSSR count). The highest BCUT2D eigenvalue weighted by Crippen LogP contribution is 2.20. The predicted molar refractivity (Wildman–Crippen MR) is 72.9 cm³/mol. The lowest BCUT2D eigenvalue weighted by Gasteiger charge is -2.17. The van der Waals surface area contributed by atoms with Gasteiger partial charge in [0.05, 0.1) is 6.42 Å². The number of carboxylic acids is 1. The second kappa shape index (κ2) is 6.18. The van der Waals surface area contributed by atoms with Crippen LogP contribution >= 0.6 is 0 Å². The van der Waals surface area contributed by atoms with Gasteiger partial charge in [0.25, 0.3) is 0 Å². The number of amides is 1. The summed E-state index contributed by atoms with van der Waals surface area (Å²) in [4.78, 5) is 22.6. The maximum atomic E-state index is 12.0. The van der Waals surface area contributed by atoms with Gasteiger partial charge in [0, 0.05) is 11.6 Å². The van der Waals surface area contributed by atoms with Crippen LogP contribution in [0.25, 0.3) is 0 Å². The van der Waals surface area contributed by atoms with E-state index in [0.717, 1.165) is 24.8 Å². The van der Waals surface area contributed by atoms with E-state index in [-0.39, 0.29) is 18.2 Å². The second-order valence-electron chi connectivity index (χ2n) is 4.74. The Labute approximate surface area is 112 Å². The Kier molecular flexibility index (Phi) is 4.34. The predicted octanol–water partition coefficient (Wildman–Crippen LogP) is 2.61. The summed E-state index contributed by atoms with van der Waals surface area (Å²) in [5, 5.41) is 11.5. The van der Waals surface area contributed by atoms with E-state index in [9.17, 15) is 9.59 Å². The van der Waals surface area contributed by atoms with Crippen LogP contribution in [0.2, 0.25) is 0 Å². The number of carbonyl (C=O) groups is 2. The van der Waals surface area contributed by atoms with Crippen LogP contribution in [0.1, 0.15) is 24.8 Å². The maximum absolute atomic E-state index is 12.0. The number of anilines is 1. The molecule has 2 N–H and O–H groups in total. The maximum Gasteiger partial charge on any atom is 0.307 e. The first-order chi connectivity index (χ1) is 9.15. The molecule has 0 fully saturated rings. The molecule has 1 atom stereocenters. The molecule has 0 radical (unpaired) electrons. The topological polar surface area (TPSA) is 66.4 Å². The molecule has 4 nitrogen and oxygen atoms in total. The second-order valence-corrected chi connectivity index (χ2v) is 4.74. The van der Waals surface area contributed by atoms with Gasteiger partial charge in [-0.2, -0.15) is 0 Å². The molecule has 19 heavy (non-hydrogen) atoms. The summed E-state index contributed by atoms with van der Waals surface area (Å²) in [5.41, 5.74) is 1.44. The fraction of sp³-hybridized carbons (Fsp3) is 0.333. The number of benzene rings is 1. The van der Waals surface area contributed by atoms with Gasteiger partial charge >= 0.3 is 5.97 Å². The van der Waals surface area contributed by atoms with Crippen molar-refractivity contribution in [2.45, 2.75) is 25.7 Å². The van der Waals surface area contributed by atoms with Crippen molar-refractivity contribution in [3.8, 4) is 0 Å². The molecule has 100 valence electrons. The molecule has 0 saturated heterocycles. The molecule has 0 aromatic heterocycles. The van der Waals surface area contributed by atoms with Crippen LogP contribution in [0.4, 0.5) is 5.69 Å². The largest absolute Gasteiger partial charge is 0.481 e. The number of hydrogen-bond acceptors (Lipinski definition) is 2. The van der Waals surface area contributed by atoms with E-state index >= 15 is 0 Å². The molecule has 0 saturated carbocycles. The van der Waals surface area contributed by atoms with Crippen molar-refractivity contribution in [3.63, 3.8) is 0 Å². The van der Waals surface area contributed by atoms with E-state index in [1.54, 1.807) is 24.3 Å². The van der Waals surface area contributed by atoms with E-state index < -0.39 is 5.97 Å². The summed E-state index contributed by atoms with van der Waals surface area (Å²) in [6.07, 6.45) is 6.79. The van der Waals surface area contributed by atoms with Crippen LogP contribution in [0, 0.1) is 5.92 Å². The number of carbonyl (C=O) groups excluding carboxylic acids is 1. The molecule has 0 aliphatic heterocycles. The lowest BCUT2D eigenvalue weighted by Crippen LogP contribution is -2.23. The molecular formula is C15H17NO3. The van der Waals surface area contributed by atoms with Crippen molar-refractivity contribution in [1.29, 1.82) is 0 Å². The zero-order valence-electron chi connectivity index (χ0n) is 10.6. The normalized spacial score (nSPS) is 18.0. The van der Waals surface area contributed by atoms with E-state index in [2.05, 4.69) is 11.4 Å². The molecule has 1 aliphatic carbocycles. The third-order valence-corrected chi connectivity index (χ3v) is 3.22. The number of allylic oxidation sites excluding steroid dienone is 2. The van der Waals surface area contributed by atoms with Crippen molar-refractivity contribution < 1.29 is 14.7 Å². The van der Waals surface area contributed by atoms with Gasteiger partial charge in [-0.1, -0.05) is 24.3 Å². The molecule has 1 aliphatic rings. The molecule has 0 spiro atoms. The Morgan fingerprint density at radius 1 is 1.21 bits per heavy atom. The molecule has 1 aromatic rings. The van der Waals surface area contributed by atoms with Crippen LogP contribution in [0.15, 0.2) is 36.4 Å². The lowest BCUT2D eigenvalue weighted by atomic mass is 9.93. The first kappa shape index (κ1) is 13.3. The van der Waals surface area contributed by atoms with Crippen LogP contribution in [0.5, 0.6) is 0 Å². The molecular weight excluding hydrogens is 242 g/mol. The van der Waals surface area contributed by atoms with E-state index in [1.165, 1.54) is 0 Å². The highest BCUT2D eigenvalue weighted by molar-refractivity contribution is 5.92. The standard InChI is InChI=1S/C15H17NO3/c17-14(18)10-11-6-8-13(9-7-11)16-15(19)12-4-2-1-3-5-12/h1-2,6-9,12H,3-5,10H2,(H,16,19)(H,17,18). The Bertz CT molecular complexity index is 491. The van der Waals surface area contributed by atoms with Crippen LogP contribution in [-0.4, -0.2) is 17.0 Å². The minimum atomic E-state index is -0.856. The van der Waals surface area contributed by atoms with E-state index in [4.69, 9.17) is 5.11 Å². The molecule has 4 heteroatoms. The van der Waals surface area contributed by atoms with E-state index in [0.29, 0.717) is 5.69 Å². The van der Waals surface area contributed by atoms with Crippen LogP contribution < -0.4 is 5.32 Å². The quantitative estimate of drug-likeness (QED) is 0.817. The summed E-state index contributed by atoms with van der Waals surface area (Å²) in [6.45, 7) is 0.